The molecule has 34 heavy (non-hydrogen) atoms. The van der Waals surface area contributed by atoms with Gasteiger partial charge in [-0.05, 0) is 43.0 Å². The summed E-state index contributed by atoms with van der Waals surface area (Å²) in [5, 5.41) is 6.96. The first-order valence-corrected chi connectivity index (χ1v) is 12.7. The summed E-state index contributed by atoms with van der Waals surface area (Å²) < 4.78 is 0. The lowest BCUT2D eigenvalue weighted by atomic mass is 9.76. The molecule has 7 heteroatoms. The monoisotopic (exact) mass is 477 g/mol. The second-order valence-electron chi connectivity index (χ2n) is 10.1. The highest BCUT2D eigenvalue weighted by Gasteiger charge is 2.70. The normalized spacial score (nSPS) is 31.0. The van der Waals surface area contributed by atoms with E-state index in [1.54, 1.807) is 18.2 Å². The molecule has 1 spiro atoms. The minimum atomic E-state index is -1.30. The van der Waals surface area contributed by atoms with Crippen molar-refractivity contribution in [1.82, 2.24) is 10.2 Å². The molecule has 3 aliphatic heterocycles. The Kier molecular flexibility index (Phi) is 5.26. The molecule has 1 aliphatic carbocycles. The number of halogens is 1. The van der Waals surface area contributed by atoms with Crippen molar-refractivity contribution in [2.45, 2.75) is 62.6 Å². The number of carbonyl (C=O) groups is 3. The third-order valence-electron chi connectivity index (χ3n) is 8.20. The van der Waals surface area contributed by atoms with Crippen LogP contribution in [0.3, 0.4) is 0 Å². The zero-order chi connectivity index (χ0) is 23.4. The Morgan fingerprint density at radius 3 is 2.41 bits per heavy atom. The summed E-state index contributed by atoms with van der Waals surface area (Å²) in [6.45, 7) is 0. The molecule has 6 rings (SSSR count). The van der Waals surface area contributed by atoms with Crippen LogP contribution in [0.15, 0.2) is 48.5 Å². The van der Waals surface area contributed by atoms with Gasteiger partial charge in [0.25, 0.3) is 0 Å². The van der Waals surface area contributed by atoms with Crippen molar-refractivity contribution in [1.29, 1.82) is 0 Å². The molecule has 3 fully saturated rings. The van der Waals surface area contributed by atoms with Gasteiger partial charge in [-0.2, -0.15) is 0 Å². The fraction of sp³-hybridized carbons (Fsp3) is 0.444. The van der Waals surface area contributed by atoms with Gasteiger partial charge in [0.1, 0.15) is 5.54 Å². The molecule has 4 atom stereocenters. The molecule has 3 amide bonds. The maximum Gasteiger partial charge on any atom is 0.250 e. The minimum Gasteiger partial charge on any atom is -0.324 e. The Labute approximate surface area is 204 Å². The van der Waals surface area contributed by atoms with E-state index in [9.17, 15) is 14.4 Å². The van der Waals surface area contributed by atoms with Gasteiger partial charge < -0.3 is 5.32 Å². The number of likely N-dealkylation sites (tertiary alicyclic amines) is 1. The first kappa shape index (κ1) is 21.8. The van der Waals surface area contributed by atoms with Crippen molar-refractivity contribution in [2.24, 2.45) is 11.8 Å². The molecule has 0 unspecified atom stereocenters. The van der Waals surface area contributed by atoms with Crippen LogP contribution in [-0.4, -0.2) is 34.7 Å². The largest absolute Gasteiger partial charge is 0.324 e. The second kappa shape index (κ2) is 8.21. The number of amides is 3. The minimum absolute atomic E-state index is 0.0779. The van der Waals surface area contributed by atoms with Gasteiger partial charge >= 0.3 is 0 Å². The number of anilines is 1. The van der Waals surface area contributed by atoms with Gasteiger partial charge in [0.05, 0.1) is 11.8 Å². The van der Waals surface area contributed by atoms with Crippen LogP contribution in [0.2, 0.25) is 5.02 Å². The number of rotatable bonds is 3. The molecule has 2 aromatic rings. The Balaban J connectivity index is 1.46. The SMILES string of the molecule is O=C1[C@H]2[C@@H](C(=O)N1C1CCCCCC1)[C@@]1(N[C@@H]2Cc2ccccc2)C(=O)Nc2ccc(Cl)cc21. The van der Waals surface area contributed by atoms with Crippen LogP contribution in [0.25, 0.3) is 0 Å². The molecular weight excluding hydrogens is 450 g/mol. The summed E-state index contributed by atoms with van der Waals surface area (Å²) in [5.41, 5.74) is 1.08. The van der Waals surface area contributed by atoms with Crippen LogP contribution in [0.5, 0.6) is 0 Å². The maximum absolute atomic E-state index is 14.1. The van der Waals surface area contributed by atoms with Crippen molar-refractivity contribution in [3.63, 3.8) is 0 Å². The number of nitrogens with zero attached hydrogens (tertiary/aromatic N) is 1. The molecule has 1 saturated carbocycles. The van der Waals surface area contributed by atoms with Gasteiger partial charge in [0.2, 0.25) is 17.7 Å². The van der Waals surface area contributed by atoms with Crippen LogP contribution >= 0.6 is 11.6 Å². The molecule has 0 radical (unpaired) electrons. The van der Waals surface area contributed by atoms with Crippen molar-refractivity contribution >= 4 is 35.0 Å². The van der Waals surface area contributed by atoms with Crippen LogP contribution in [0.4, 0.5) is 5.69 Å². The molecule has 2 N–H and O–H groups in total. The topological polar surface area (TPSA) is 78.5 Å². The van der Waals surface area contributed by atoms with Gasteiger partial charge in [0, 0.05) is 28.4 Å². The van der Waals surface area contributed by atoms with Crippen molar-refractivity contribution < 1.29 is 14.4 Å². The zero-order valence-electron chi connectivity index (χ0n) is 18.9. The van der Waals surface area contributed by atoms with Gasteiger partial charge in [-0.3, -0.25) is 24.6 Å². The molecule has 2 aromatic carbocycles. The number of hydrogen-bond donors (Lipinski definition) is 2. The van der Waals surface area contributed by atoms with Crippen molar-refractivity contribution in [2.75, 3.05) is 5.32 Å². The third-order valence-corrected chi connectivity index (χ3v) is 8.43. The Hall–Kier alpha value is -2.70. The van der Waals surface area contributed by atoms with E-state index in [0.717, 1.165) is 44.1 Å². The summed E-state index contributed by atoms with van der Waals surface area (Å²) in [6, 6.07) is 14.8. The predicted molar refractivity (Wildman–Crippen MR) is 129 cm³/mol. The second-order valence-corrected chi connectivity index (χ2v) is 10.5. The molecule has 4 aliphatic rings. The lowest BCUT2D eigenvalue weighted by molar-refractivity contribution is -0.145. The van der Waals surface area contributed by atoms with E-state index in [1.807, 2.05) is 30.3 Å². The van der Waals surface area contributed by atoms with Crippen LogP contribution in [0, 0.1) is 11.8 Å². The first-order chi connectivity index (χ1) is 16.5. The van der Waals surface area contributed by atoms with E-state index in [2.05, 4.69) is 10.6 Å². The summed E-state index contributed by atoms with van der Waals surface area (Å²) in [6.07, 6.45) is 6.56. The number of fused-ring (bicyclic) bond motifs is 4. The quantitative estimate of drug-likeness (QED) is 0.517. The smallest absolute Gasteiger partial charge is 0.250 e. The van der Waals surface area contributed by atoms with Gasteiger partial charge in [0.15, 0.2) is 0 Å². The fourth-order valence-corrected chi connectivity index (χ4v) is 6.89. The highest BCUT2D eigenvalue weighted by molar-refractivity contribution is 6.31. The van der Waals surface area contributed by atoms with Crippen LogP contribution < -0.4 is 10.6 Å². The molecule has 2 saturated heterocycles. The van der Waals surface area contributed by atoms with Gasteiger partial charge in [-0.15, -0.1) is 0 Å². The summed E-state index contributed by atoms with van der Waals surface area (Å²) in [4.78, 5) is 43.1. The van der Waals surface area contributed by atoms with E-state index in [4.69, 9.17) is 11.6 Å². The predicted octanol–water partition coefficient (Wildman–Crippen LogP) is 4.03. The molecule has 0 bridgehead atoms. The lowest BCUT2D eigenvalue weighted by Crippen LogP contribution is -2.54. The standard InChI is InChI=1S/C27H28ClN3O3/c28-17-12-13-20-19(15-17)27(26(34)29-20)23-22(21(30-27)14-16-8-4-3-5-9-16)24(32)31(25(23)33)18-10-6-1-2-7-11-18/h3-5,8-9,12-13,15,18,21-23,30H,1-2,6-7,10-11,14H2,(H,29,34)/t21-,22-,23+,27-/m1/s1. The highest BCUT2D eigenvalue weighted by Crippen LogP contribution is 2.54. The lowest BCUT2D eigenvalue weighted by Gasteiger charge is -2.32. The fourth-order valence-electron chi connectivity index (χ4n) is 6.72. The average molecular weight is 478 g/mol. The molecule has 0 aromatic heterocycles. The average Bonchev–Trinajstić information content (AvgIpc) is 3.28. The van der Waals surface area contributed by atoms with E-state index in [0.29, 0.717) is 22.7 Å². The molecule has 3 heterocycles. The number of benzene rings is 2. The first-order valence-electron chi connectivity index (χ1n) is 12.3. The number of nitrogens with one attached hydrogen (secondary N) is 2. The van der Waals surface area contributed by atoms with E-state index in [1.165, 1.54) is 4.90 Å². The Morgan fingerprint density at radius 2 is 1.68 bits per heavy atom. The summed E-state index contributed by atoms with van der Waals surface area (Å²) in [5.74, 6) is -1.99. The number of hydrogen-bond acceptors (Lipinski definition) is 4. The van der Waals surface area contributed by atoms with Gasteiger partial charge in [-0.1, -0.05) is 67.6 Å². The molecule has 176 valence electrons. The van der Waals surface area contributed by atoms with E-state index in [-0.39, 0.29) is 29.8 Å². The van der Waals surface area contributed by atoms with Crippen molar-refractivity contribution in [3.05, 3.63) is 64.7 Å². The van der Waals surface area contributed by atoms with E-state index < -0.39 is 17.4 Å². The Bertz CT molecular complexity index is 1160. The maximum atomic E-state index is 14.1. The molecule has 6 nitrogen and oxygen atoms in total. The Morgan fingerprint density at radius 1 is 0.941 bits per heavy atom. The van der Waals surface area contributed by atoms with Crippen LogP contribution in [-0.2, 0) is 26.3 Å². The summed E-state index contributed by atoms with van der Waals surface area (Å²) in [7, 11) is 0. The number of carbonyl (C=O) groups excluding carboxylic acids is 3. The van der Waals surface area contributed by atoms with Crippen LogP contribution in [0.1, 0.15) is 49.7 Å². The van der Waals surface area contributed by atoms with Gasteiger partial charge in [-0.25, -0.2) is 0 Å². The molecular formula is C27H28ClN3O3. The zero-order valence-corrected chi connectivity index (χ0v) is 19.7. The summed E-state index contributed by atoms with van der Waals surface area (Å²) >= 11 is 6.35. The van der Waals surface area contributed by atoms with E-state index >= 15 is 0 Å². The van der Waals surface area contributed by atoms with Crippen molar-refractivity contribution in [3.8, 4) is 0 Å². The third kappa shape index (κ3) is 3.15. The highest BCUT2D eigenvalue weighted by atomic mass is 35.5. The number of imide groups is 1.